The lowest BCUT2D eigenvalue weighted by molar-refractivity contribution is -0.136. The van der Waals surface area contributed by atoms with Gasteiger partial charge >= 0.3 is 5.97 Å². The Kier molecular flexibility index (Phi) is 8.17. The van der Waals surface area contributed by atoms with Crippen LogP contribution in [-0.4, -0.2) is 23.7 Å². The zero-order valence-electron chi connectivity index (χ0n) is 20.5. The molecule has 0 saturated carbocycles. The molecular weight excluding hydrogens is 470 g/mol. The third-order valence-corrected chi connectivity index (χ3v) is 6.96. The molecule has 4 aromatic rings. The van der Waals surface area contributed by atoms with Crippen molar-refractivity contribution in [1.29, 1.82) is 0 Å². The first-order chi connectivity index (χ1) is 17.1. The molecule has 0 saturated heterocycles. The topological polar surface area (TPSA) is 49.8 Å². The van der Waals surface area contributed by atoms with E-state index in [0.29, 0.717) is 5.92 Å². The normalized spacial score (nSPS) is 15.5. The molecule has 1 unspecified atom stereocenters. The first-order valence-corrected chi connectivity index (χ1v) is 12.4. The van der Waals surface area contributed by atoms with Gasteiger partial charge in [-0.15, -0.1) is 12.4 Å². The average molecular weight is 502 g/mol. The van der Waals surface area contributed by atoms with Crippen molar-refractivity contribution in [2.24, 2.45) is 0 Å². The molecule has 0 fully saturated rings. The Hall–Kier alpha value is -3.50. The van der Waals surface area contributed by atoms with E-state index in [9.17, 15) is 4.79 Å². The Morgan fingerprint density at radius 1 is 0.972 bits per heavy atom. The second kappa shape index (κ2) is 11.5. The van der Waals surface area contributed by atoms with Crippen molar-refractivity contribution in [2.75, 3.05) is 11.4 Å². The lowest BCUT2D eigenvalue weighted by atomic mass is 9.90. The van der Waals surface area contributed by atoms with Crippen LogP contribution in [0.3, 0.4) is 0 Å². The average Bonchev–Trinajstić information content (AvgIpc) is 2.88. The van der Waals surface area contributed by atoms with E-state index in [-0.39, 0.29) is 24.9 Å². The van der Waals surface area contributed by atoms with E-state index < -0.39 is 5.97 Å². The van der Waals surface area contributed by atoms with Crippen LogP contribution in [-0.2, 0) is 11.2 Å². The molecule has 1 aliphatic heterocycles. The van der Waals surface area contributed by atoms with Gasteiger partial charge in [-0.2, -0.15) is 0 Å². The predicted molar refractivity (Wildman–Crippen MR) is 149 cm³/mol. The summed E-state index contributed by atoms with van der Waals surface area (Å²) in [6.07, 6.45) is 3.32. The molecule has 1 aliphatic rings. The summed E-state index contributed by atoms with van der Waals surface area (Å²) in [5.74, 6) is 0.572. The Morgan fingerprint density at radius 3 is 2.50 bits per heavy atom. The summed E-state index contributed by atoms with van der Waals surface area (Å²) < 4.78 is 6.40. The van der Waals surface area contributed by atoms with E-state index in [2.05, 4.69) is 60.4 Å². The summed E-state index contributed by atoms with van der Waals surface area (Å²) in [6.45, 7) is 3.10. The summed E-state index contributed by atoms with van der Waals surface area (Å²) in [4.78, 5) is 13.3. The number of carboxylic acid groups (broad SMARTS) is 1. The van der Waals surface area contributed by atoms with Crippen molar-refractivity contribution in [2.45, 2.75) is 44.6 Å². The second-order valence-corrected chi connectivity index (χ2v) is 9.46. The highest BCUT2D eigenvalue weighted by Gasteiger charge is 2.26. The number of benzene rings is 4. The van der Waals surface area contributed by atoms with E-state index >= 15 is 0 Å². The molecule has 4 nitrogen and oxygen atoms in total. The van der Waals surface area contributed by atoms with Crippen LogP contribution in [0.4, 0.5) is 11.4 Å². The number of halogens is 1. The van der Waals surface area contributed by atoms with Crippen LogP contribution in [0.15, 0.2) is 91.0 Å². The number of aliphatic carboxylic acids is 1. The fourth-order valence-corrected chi connectivity index (χ4v) is 5.15. The maximum absolute atomic E-state index is 11.0. The molecule has 0 bridgehead atoms. The number of para-hydroxylation sites is 2. The number of nitrogens with zero attached hydrogens (tertiary/aromatic N) is 1. The quantitative estimate of drug-likeness (QED) is 0.268. The van der Waals surface area contributed by atoms with Crippen molar-refractivity contribution in [1.82, 2.24) is 0 Å². The zero-order chi connectivity index (χ0) is 24.2. The number of fused-ring (bicyclic) bond motifs is 2. The van der Waals surface area contributed by atoms with Crippen LogP contribution in [0.5, 0.6) is 5.75 Å². The molecule has 0 spiro atoms. The molecule has 1 heterocycles. The Bertz CT molecular complexity index is 1320. The Morgan fingerprint density at radius 2 is 1.69 bits per heavy atom. The van der Waals surface area contributed by atoms with E-state index in [1.54, 1.807) is 0 Å². The van der Waals surface area contributed by atoms with Crippen molar-refractivity contribution in [3.8, 4) is 5.75 Å². The molecule has 0 aromatic heterocycles. The van der Waals surface area contributed by atoms with Crippen LogP contribution in [0.25, 0.3) is 10.8 Å². The minimum Gasteiger partial charge on any atom is -0.486 e. The molecule has 1 N–H and O–H groups in total. The van der Waals surface area contributed by atoms with Gasteiger partial charge in [-0.1, -0.05) is 73.7 Å². The highest BCUT2D eigenvalue weighted by molar-refractivity contribution is 5.86. The maximum atomic E-state index is 11.0. The SMILES string of the molecule is C[C@@H](CCCC1CN(c2ccc(CC(=O)O)cc2)c2ccccc2O1)c1cccc2ccccc12.Cl. The Labute approximate surface area is 218 Å². The van der Waals surface area contributed by atoms with Crippen molar-refractivity contribution >= 4 is 40.5 Å². The molecule has 186 valence electrons. The zero-order valence-corrected chi connectivity index (χ0v) is 21.3. The highest BCUT2D eigenvalue weighted by atomic mass is 35.5. The minimum absolute atomic E-state index is 0. The molecule has 4 aromatic carbocycles. The summed E-state index contributed by atoms with van der Waals surface area (Å²) in [7, 11) is 0. The van der Waals surface area contributed by atoms with Gasteiger partial charge in [-0.05, 0) is 71.3 Å². The van der Waals surface area contributed by atoms with E-state index in [1.165, 1.54) is 16.3 Å². The number of anilines is 2. The number of hydrogen-bond acceptors (Lipinski definition) is 3. The molecular formula is C31H32ClNO3. The van der Waals surface area contributed by atoms with Crippen LogP contribution in [0.2, 0.25) is 0 Å². The number of ether oxygens (including phenoxy) is 1. The number of hydrogen-bond donors (Lipinski definition) is 1. The number of rotatable bonds is 8. The lowest BCUT2D eigenvalue weighted by Gasteiger charge is -2.36. The summed E-state index contributed by atoms with van der Waals surface area (Å²) in [5.41, 5.74) is 4.34. The van der Waals surface area contributed by atoms with Crippen molar-refractivity contribution in [3.05, 3.63) is 102 Å². The van der Waals surface area contributed by atoms with Gasteiger partial charge in [0.15, 0.2) is 0 Å². The third-order valence-electron chi connectivity index (χ3n) is 6.96. The molecule has 5 heteroatoms. The smallest absolute Gasteiger partial charge is 0.307 e. The summed E-state index contributed by atoms with van der Waals surface area (Å²) in [5, 5.41) is 11.7. The van der Waals surface area contributed by atoms with Crippen LogP contribution < -0.4 is 9.64 Å². The van der Waals surface area contributed by atoms with Crippen LogP contribution in [0, 0.1) is 0 Å². The van der Waals surface area contributed by atoms with Crippen LogP contribution >= 0.6 is 12.4 Å². The van der Waals surface area contributed by atoms with Crippen LogP contribution in [0.1, 0.15) is 43.2 Å². The molecule has 2 atom stereocenters. The van der Waals surface area contributed by atoms with E-state index in [4.69, 9.17) is 9.84 Å². The van der Waals surface area contributed by atoms with Gasteiger partial charge in [0.05, 0.1) is 18.7 Å². The standard InChI is InChI=1S/C31H31NO3.ClH/c1-22(27-13-7-10-24-9-2-3-12-28(24)27)8-6-11-26-21-32(29-14-4-5-15-30(29)35-26)25-18-16-23(17-19-25)20-31(33)34;/h2-5,7,9-10,12-19,22,26H,6,8,11,20-21H2,1H3,(H,33,34);1H/t22-,26?;/m0./s1. The minimum atomic E-state index is -0.813. The molecule has 0 amide bonds. The fraction of sp³-hybridized carbons (Fsp3) is 0.258. The largest absolute Gasteiger partial charge is 0.486 e. The second-order valence-electron chi connectivity index (χ2n) is 9.46. The van der Waals surface area contributed by atoms with Gasteiger partial charge in [0.1, 0.15) is 11.9 Å². The first-order valence-electron chi connectivity index (χ1n) is 12.4. The fourth-order valence-electron chi connectivity index (χ4n) is 5.15. The number of carboxylic acids is 1. The third kappa shape index (κ3) is 5.66. The van der Waals surface area contributed by atoms with Gasteiger partial charge in [-0.3, -0.25) is 4.79 Å². The molecule has 0 radical (unpaired) electrons. The van der Waals surface area contributed by atoms with Crippen molar-refractivity contribution < 1.29 is 14.6 Å². The van der Waals surface area contributed by atoms with Gasteiger partial charge < -0.3 is 14.7 Å². The monoisotopic (exact) mass is 501 g/mol. The number of carbonyl (C=O) groups is 1. The summed E-state index contributed by atoms with van der Waals surface area (Å²) in [6, 6.07) is 31.2. The van der Waals surface area contributed by atoms with Gasteiger partial charge in [0, 0.05) is 5.69 Å². The van der Waals surface area contributed by atoms with Crippen molar-refractivity contribution in [3.63, 3.8) is 0 Å². The van der Waals surface area contributed by atoms with Gasteiger partial charge in [0.25, 0.3) is 0 Å². The van der Waals surface area contributed by atoms with Gasteiger partial charge in [0.2, 0.25) is 0 Å². The van der Waals surface area contributed by atoms with E-state index in [0.717, 1.165) is 48.5 Å². The maximum Gasteiger partial charge on any atom is 0.307 e. The molecule has 5 rings (SSSR count). The predicted octanol–water partition coefficient (Wildman–Crippen LogP) is 7.76. The van der Waals surface area contributed by atoms with E-state index in [1.807, 2.05) is 42.5 Å². The lowest BCUT2D eigenvalue weighted by Crippen LogP contribution is -2.37. The first kappa shape index (κ1) is 25.6. The van der Waals surface area contributed by atoms with Gasteiger partial charge in [-0.25, -0.2) is 0 Å². The highest BCUT2D eigenvalue weighted by Crippen LogP contribution is 2.39. The molecule has 0 aliphatic carbocycles. The Balaban J connectivity index is 0.00000304. The summed E-state index contributed by atoms with van der Waals surface area (Å²) >= 11 is 0. The molecule has 36 heavy (non-hydrogen) atoms.